The molecule has 1 heterocycles. The summed E-state index contributed by atoms with van der Waals surface area (Å²) in [5.74, 6) is 0.850. The van der Waals surface area contributed by atoms with Crippen LogP contribution in [0.4, 0.5) is 5.82 Å². The highest BCUT2D eigenvalue weighted by atomic mass is 35.5. The molecule has 0 saturated carbocycles. The molecular weight excluding hydrogens is 281 g/mol. The molecule has 0 radical (unpaired) electrons. The molecule has 3 aromatic rings. The van der Waals surface area contributed by atoms with Crippen molar-refractivity contribution in [2.45, 2.75) is 0 Å². The fourth-order valence-electron chi connectivity index (χ4n) is 1.92. The van der Waals surface area contributed by atoms with Crippen LogP contribution in [0.15, 0.2) is 42.5 Å². The molecule has 0 aliphatic heterocycles. The molecule has 19 heavy (non-hydrogen) atoms. The van der Waals surface area contributed by atoms with Crippen molar-refractivity contribution >= 4 is 39.9 Å². The Bertz CT molecular complexity index is 751. The van der Waals surface area contributed by atoms with Crippen LogP contribution in [0.5, 0.6) is 0 Å². The Morgan fingerprint density at radius 3 is 2.26 bits per heavy atom. The summed E-state index contributed by atoms with van der Waals surface area (Å²) in [5, 5.41) is 1.82. The first-order valence-electron chi connectivity index (χ1n) is 5.63. The van der Waals surface area contributed by atoms with Crippen LogP contribution in [-0.4, -0.2) is 9.97 Å². The summed E-state index contributed by atoms with van der Waals surface area (Å²) in [6, 6.07) is 12.8. The van der Waals surface area contributed by atoms with Crippen LogP contribution < -0.4 is 5.73 Å². The molecule has 3 nitrogen and oxygen atoms in total. The molecule has 0 spiro atoms. The van der Waals surface area contributed by atoms with Crippen molar-refractivity contribution in [1.29, 1.82) is 0 Å². The fraction of sp³-hybridized carbons (Fsp3) is 0. The van der Waals surface area contributed by atoms with Crippen molar-refractivity contribution in [1.82, 2.24) is 9.97 Å². The summed E-state index contributed by atoms with van der Waals surface area (Å²) in [4.78, 5) is 8.76. The largest absolute Gasteiger partial charge is 0.383 e. The van der Waals surface area contributed by atoms with Crippen LogP contribution in [0.3, 0.4) is 0 Å². The van der Waals surface area contributed by atoms with E-state index < -0.39 is 0 Å². The Balaban J connectivity index is 2.32. The summed E-state index contributed by atoms with van der Waals surface area (Å²) >= 11 is 12.3. The molecule has 1 aromatic heterocycles. The molecule has 0 amide bonds. The molecule has 2 aromatic carbocycles. The normalized spacial score (nSPS) is 10.8. The number of benzene rings is 2. The van der Waals surface area contributed by atoms with E-state index in [-0.39, 0.29) is 0 Å². The number of nitrogens with two attached hydrogens (primary N) is 1. The summed E-state index contributed by atoms with van der Waals surface area (Å²) in [6.45, 7) is 0. The van der Waals surface area contributed by atoms with Crippen LogP contribution in [0.25, 0.3) is 22.3 Å². The van der Waals surface area contributed by atoms with E-state index in [1.165, 1.54) is 0 Å². The van der Waals surface area contributed by atoms with E-state index in [2.05, 4.69) is 9.97 Å². The Kier molecular flexibility index (Phi) is 3.01. The predicted molar refractivity (Wildman–Crippen MR) is 79.4 cm³/mol. The maximum Gasteiger partial charge on any atom is 0.165 e. The average Bonchev–Trinajstić information content (AvgIpc) is 2.38. The topological polar surface area (TPSA) is 51.8 Å². The van der Waals surface area contributed by atoms with Gasteiger partial charge in [-0.15, -0.1) is 0 Å². The number of halogens is 2. The zero-order chi connectivity index (χ0) is 13.4. The molecule has 0 fully saturated rings. The van der Waals surface area contributed by atoms with Gasteiger partial charge in [0, 0.05) is 5.39 Å². The smallest absolute Gasteiger partial charge is 0.165 e. The van der Waals surface area contributed by atoms with E-state index in [0.29, 0.717) is 27.3 Å². The van der Waals surface area contributed by atoms with Gasteiger partial charge in [0.05, 0.1) is 21.1 Å². The lowest BCUT2D eigenvalue weighted by atomic mass is 10.2. The SMILES string of the molecule is Nc1nc(-c2c(Cl)cccc2Cl)nc2ccccc12. The summed E-state index contributed by atoms with van der Waals surface area (Å²) < 4.78 is 0. The monoisotopic (exact) mass is 289 g/mol. The molecule has 0 aliphatic rings. The summed E-state index contributed by atoms with van der Waals surface area (Å²) in [7, 11) is 0. The third kappa shape index (κ3) is 2.11. The van der Waals surface area contributed by atoms with Crippen LogP contribution >= 0.6 is 23.2 Å². The number of fused-ring (bicyclic) bond motifs is 1. The first-order valence-corrected chi connectivity index (χ1v) is 6.39. The quantitative estimate of drug-likeness (QED) is 0.731. The van der Waals surface area contributed by atoms with Gasteiger partial charge in [-0.1, -0.05) is 41.4 Å². The van der Waals surface area contributed by atoms with Gasteiger partial charge in [0.1, 0.15) is 5.82 Å². The van der Waals surface area contributed by atoms with Crippen molar-refractivity contribution in [3.63, 3.8) is 0 Å². The molecule has 0 saturated heterocycles. The van der Waals surface area contributed by atoms with Gasteiger partial charge < -0.3 is 5.73 Å². The fourth-order valence-corrected chi connectivity index (χ4v) is 2.49. The number of nitrogens with zero attached hydrogens (tertiary/aromatic N) is 2. The maximum atomic E-state index is 6.16. The molecule has 0 atom stereocenters. The molecule has 0 unspecified atom stereocenters. The average molecular weight is 290 g/mol. The minimum Gasteiger partial charge on any atom is -0.383 e. The van der Waals surface area contributed by atoms with Crippen molar-refractivity contribution in [2.24, 2.45) is 0 Å². The second kappa shape index (κ2) is 4.68. The van der Waals surface area contributed by atoms with Gasteiger partial charge in [0.25, 0.3) is 0 Å². The lowest BCUT2D eigenvalue weighted by Gasteiger charge is -2.08. The number of para-hydroxylation sites is 1. The van der Waals surface area contributed by atoms with E-state index in [0.717, 1.165) is 10.9 Å². The van der Waals surface area contributed by atoms with Crippen molar-refractivity contribution < 1.29 is 0 Å². The third-order valence-corrected chi connectivity index (χ3v) is 3.45. The predicted octanol–water partition coefficient (Wildman–Crippen LogP) is 4.19. The Labute approximate surface area is 120 Å². The number of hydrogen-bond acceptors (Lipinski definition) is 3. The zero-order valence-electron chi connectivity index (χ0n) is 9.77. The van der Waals surface area contributed by atoms with Gasteiger partial charge in [-0.3, -0.25) is 0 Å². The summed E-state index contributed by atoms with van der Waals surface area (Å²) in [5.41, 5.74) is 7.32. The number of rotatable bonds is 1. The first-order chi connectivity index (χ1) is 9.16. The van der Waals surface area contributed by atoms with E-state index >= 15 is 0 Å². The van der Waals surface area contributed by atoms with Gasteiger partial charge in [-0.2, -0.15) is 0 Å². The molecule has 0 aliphatic carbocycles. The van der Waals surface area contributed by atoms with Gasteiger partial charge in [0.15, 0.2) is 5.82 Å². The first kappa shape index (κ1) is 12.2. The highest BCUT2D eigenvalue weighted by Gasteiger charge is 2.13. The van der Waals surface area contributed by atoms with E-state index in [4.69, 9.17) is 28.9 Å². The molecule has 5 heteroatoms. The molecular formula is C14H9Cl2N3. The maximum absolute atomic E-state index is 6.16. The van der Waals surface area contributed by atoms with Crippen molar-refractivity contribution in [2.75, 3.05) is 5.73 Å². The molecule has 0 bridgehead atoms. The van der Waals surface area contributed by atoms with Gasteiger partial charge in [-0.25, -0.2) is 9.97 Å². The lowest BCUT2D eigenvalue weighted by molar-refractivity contribution is 1.23. The van der Waals surface area contributed by atoms with Crippen molar-refractivity contribution in [3.8, 4) is 11.4 Å². The third-order valence-electron chi connectivity index (χ3n) is 2.82. The van der Waals surface area contributed by atoms with Crippen LogP contribution in [0, 0.1) is 0 Å². The van der Waals surface area contributed by atoms with E-state index in [1.54, 1.807) is 18.2 Å². The number of hydrogen-bond donors (Lipinski definition) is 1. The number of nitrogen functional groups attached to an aromatic ring is 1. The van der Waals surface area contributed by atoms with Gasteiger partial charge in [-0.05, 0) is 24.3 Å². The Morgan fingerprint density at radius 1 is 0.842 bits per heavy atom. The van der Waals surface area contributed by atoms with E-state index in [9.17, 15) is 0 Å². The van der Waals surface area contributed by atoms with Crippen LogP contribution in [-0.2, 0) is 0 Å². The molecule has 2 N–H and O–H groups in total. The minimum absolute atomic E-state index is 0.414. The van der Waals surface area contributed by atoms with Crippen molar-refractivity contribution in [3.05, 3.63) is 52.5 Å². The summed E-state index contributed by atoms with van der Waals surface area (Å²) in [6.07, 6.45) is 0. The highest BCUT2D eigenvalue weighted by Crippen LogP contribution is 2.33. The lowest BCUT2D eigenvalue weighted by Crippen LogP contribution is -1.98. The van der Waals surface area contributed by atoms with Gasteiger partial charge in [0.2, 0.25) is 0 Å². The molecule has 3 rings (SSSR count). The zero-order valence-corrected chi connectivity index (χ0v) is 11.3. The second-order valence-corrected chi connectivity index (χ2v) is 4.86. The standard InChI is InChI=1S/C14H9Cl2N3/c15-9-5-3-6-10(16)12(9)14-18-11-7-2-1-4-8(11)13(17)19-14/h1-7H,(H2,17,18,19). The number of anilines is 1. The Morgan fingerprint density at radius 2 is 1.53 bits per heavy atom. The Hall–Kier alpha value is -1.84. The van der Waals surface area contributed by atoms with Crippen LogP contribution in [0.2, 0.25) is 10.0 Å². The van der Waals surface area contributed by atoms with Crippen LogP contribution in [0.1, 0.15) is 0 Å². The highest BCUT2D eigenvalue weighted by molar-refractivity contribution is 6.39. The molecule has 94 valence electrons. The second-order valence-electron chi connectivity index (χ2n) is 4.05. The number of aromatic nitrogens is 2. The van der Waals surface area contributed by atoms with E-state index in [1.807, 2.05) is 24.3 Å². The minimum atomic E-state index is 0.414. The van der Waals surface area contributed by atoms with Gasteiger partial charge >= 0.3 is 0 Å².